The van der Waals surface area contributed by atoms with E-state index in [-0.39, 0.29) is 5.91 Å². The molecule has 0 aliphatic heterocycles. The fourth-order valence-electron chi connectivity index (χ4n) is 1.91. The second-order valence-corrected chi connectivity index (χ2v) is 4.63. The van der Waals surface area contributed by atoms with E-state index >= 15 is 0 Å². The van der Waals surface area contributed by atoms with Gasteiger partial charge in [-0.05, 0) is 36.4 Å². The van der Waals surface area contributed by atoms with Crippen LogP contribution in [-0.4, -0.2) is 15.9 Å². The normalized spacial score (nSPS) is 10.4. The number of carbonyl (C=O) groups excluding carboxylic acids is 1. The number of hydrogen-bond donors (Lipinski definition) is 1. The summed E-state index contributed by atoms with van der Waals surface area (Å²) in [5, 5.41) is 4.28. The first-order valence-corrected chi connectivity index (χ1v) is 6.38. The molecule has 1 aromatic carbocycles. The summed E-state index contributed by atoms with van der Waals surface area (Å²) >= 11 is 5.94. The van der Waals surface area contributed by atoms with Crippen LogP contribution < -0.4 is 5.32 Å². The minimum atomic E-state index is -0.256. The summed E-state index contributed by atoms with van der Waals surface area (Å²) in [6.07, 6.45) is 3.21. The van der Waals surface area contributed by atoms with Crippen molar-refractivity contribution in [2.75, 3.05) is 5.32 Å². The van der Waals surface area contributed by atoms with Gasteiger partial charge in [0.25, 0.3) is 5.91 Å². The van der Waals surface area contributed by atoms with Crippen molar-refractivity contribution in [1.82, 2.24) is 9.97 Å². The molecule has 4 nitrogen and oxygen atoms in total. The standard InChI is InChI=1S/C15H10ClN3O/c16-10-4-5-11-12(6-8-18-14(11)9-10)19-15(20)13-3-1-2-7-17-13/h1-9H,(H,18,19,20). The van der Waals surface area contributed by atoms with Gasteiger partial charge in [0, 0.05) is 22.8 Å². The number of hydrogen-bond acceptors (Lipinski definition) is 3. The van der Waals surface area contributed by atoms with Gasteiger partial charge in [0.2, 0.25) is 0 Å². The molecule has 0 saturated heterocycles. The summed E-state index contributed by atoms with van der Waals surface area (Å²) in [4.78, 5) is 20.4. The second-order valence-electron chi connectivity index (χ2n) is 4.19. The minimum Gasteiger partial charge on any atom is -0.320 e. The molecule has 3 rings (SSSR count). The van der Waals surface area contributed by atoms with Crippen LogP contribution in [-0.2, 0) is 0 Å². The molecule has 2 aromatic heterocycles. The highest BCUT2D eigenvalue weighted by Crippen LogP contribution is 2.24. The van der Waals surface area contributed by atoms with Crippen LogP contribution in [0.4, 0.5) is 5.69 Å². The highest BCUT2D eigenvalue weighted by atomic mass is 35.5. The van der Waals surface area contributed by atoms with Gasteiger partial charge in [0.05, 0.1) is 11.2 Å². The topological polar surface area (TPSA) is 54.9 Å². The van der Waals surface area contributed by atoms with Crippen LogP contribution in [0, 0.1) is 0 Å². The zero-order valence-corrected chi connectivity index (χ0v) is 11.1. The molecule has 0 aliphatic carbocycles. The quantitative estimate of drug-likeness (QED) is 0.783. The lowest BCUT2D eigenvalue weighted by molar-refractivity contribution is 0.102. The first-order chi connectivity index (χ1) is 9.74. The van der Waals surface area contributed by atoms with Gasteiger partial charge in [-0.1, -0.05) is 17.7 Å². The third-order valence-electron chi connectivity index (χ3n) is 2.85. The Labute approximate surface area is 120 Å². The molecule has 0 aliphatic rings. The van der Waals surface area contributed by atoms with E-state index in [0.717, 1.165) is 10.9 Å². The van der Waals surface area contributed by atoms with E-state index in [1.54, 1.807) is 48.8 Å². The fraction of sp³-hybridized carbons (Fsp3) is 0. The highest BCUT2D eigenvalue weighted by molar-refractivity contribution is 6.31. The highest BCUT2D eigenvalue weighted by Gasteiger charge is 2.09. The Balaban J connectivity index is 1.97. The Morgan fingerprint density at radius 3 is 2.75 bits per heavy atom. The second kappa shape index (κ2) is 5.27. The molecule has 0 spiro atoms. The summed E-state index contributed by atoms with van der Waals surface area (Å²) in [5.74, 6) is -0.256. The third-order valence-corrected chi connectivity index (χ3v) is 3.09. The maximum atomic E-state index is 12.1. The van der Waals surface area contributed by atoms with E-state index in [0.29, 0.717) is 16.4 Å². The number of anilines is 1. The van der Waals surface area contributed by atoms with Gasteiger partial charge >= 0.3 is 0 Å². The molecule has 0 radical (unpaired) electrons. The largest absolute Gasteiger partial charge is 0.320 e. The number of benzene rings is 1. The summed E-state index contributed by atoms with van der Waals surface area (Å²) < 4.78 is 0. The maximum Gasteiger partial charge on any atom is 0.274 e. The first kappa shape index (κ1) is 12.6. The maximum absolute atomic E-state index is 12.1. The SMILES string of the molecule is O=C(Nc1ccnc2cc(Cl)ccc12)c1ccccn1. The van der Waals surface area contributed by atoms with Crippen molar-refractivity contribution < 1.29 is 4.79 Å². The summed E-state index contributed by atoms with van der Waals surface area (Å²) in [6.45, 7) is 0. The van der Waals surface area contributed by atoms with Crippen LogP contribution in [0.3, 0.4) is 0 Å². The lowest BCUT2D eigenvalue weighted by atomic mass is 10.2. The molecular formula is C15H10ClN3O. The smallest absolute Gasteiger partial charge is 0.274 e. The molecule has 0 atom stereocenters. The Kier molecular flexibility index (Phi) is 3.31. The molecule has 98 valence electrons. The zero-order valence-electron chi connectivity index (χ0n) is 10.4. The number of rotatable bonds is 2. The van der Waals surface area contributed by atoms with E-state index in [9.17, 15) is 4.79 Å². The van der Waals surface area contributed by atoms with E-state index in [4.69, 9.17) is 11.6 Å². The van der Waals surface area contributed by atoms with E-state index in [2.05, 4.69) is 15.3 Å². The van der Waals surface area contributed by atoms with E-state index in [1.807, 2.05) is 6.07 Å². The van der Waals surface area contributed by atoms with Crippen LogP contribution >= 0.6 is 11.6 Å². The molecule has 0 unspecified atom stereocenters. The summed E-state index contributed by atoms with van der Waals surface area (Å²) in [6, 6.07) is 12.3. The van der Waals surface area contributed by atoms with Crippen molar-refractivity contribution in [2.45, 2.75) is 0 Å². The molecule has 0 fully saturated rings. The molecule has 0 saturated carbocycles. The van der Waals surface area contributed by atoms with Crippen LogP contribution in [0.2, 0.25) is 5.02 Å². The average molecular weight is 284 g/mol. The molecular weight excluding hydrogens is 274 g/mol. The Hall–Kier alpha value is -2.46. The molecule has 1 N–H and O–H groups in total. The number of carbonyl (C=O) groups is 1. The number of nitrogens with one attached hydrogen (secondary N) is 1. The van der Waals surface area contributed by atoms with Crippen LogP contribution in [0.25, 0.3) is 10.9 Å². The van der Waals surface area contributed by atoms with Crippen LogP contribution in [0.15, 0.2) is 54.9 Å². The van der Waals surface area contributed by atoms with Crippen molar-refractivity contribution in [3.8, 4) is 0 Å². The Morgan fingerprint density at radius 1 is 1.05 bits per heavy atom. The molecule has 0 bridgehead atoms. The van der Waals surface area contributed by atoms with Gasteiger partial charge < -0.3 is 5.32 Å². The number of aromatic nitrogens is 2. The minimum absolute atomic E-state index is 0.256. The number of amides is 1. The Bertz CT molecular complexity index is 774. The molecule has 2 heterocycles. The van der Waals surface area contributed by atoms with Gasteiger partial charge in [-0.3, -0.25) is 14.8 Å². The average Bonchev–Trinajstić information content (AvgIpc) is 2.48. The van der Waals surface area contributed by atoms with Crippen molar-refractivity contribution in [3.63, 3.8) is 0 Å². The van der Waals surface area contributed by atoms with Crippen molar-refractivity contribution in [2.24, 2.45) is 0 Å². The predicted molar refractivity (Wildman–Crippen MR) is 78.9 cm³/mol. The monoisotopic (exact) mass is 283 g/mol. The van der Waals surface area contributed by atoms with Crippen LogP contribution in [0.5, 0.6) is 0 Å². The Morgan fingerprint density at radius 2 is 1.95 bits per heavy atom. The fourth-order valence-corrected chi connectivity index (χ4v) is 2.08. The lowest BCUT2D eigenvalue weighted by Crippen LogP contribution is -2.13. The summed E-state index contributed by atoms with van der Waals surface area (Å²) in [7, 11) is 0. The summed E-state index contributed by atoms with van der Waals surface area (Å²) in [5.41, 5.74) is 1.78. The predicted octanol–water partition coefficient (Wildman–Crippen LogP) is 3.54. The molecule has 1 amide bonds. The van der Waals surface area contributed by atoms with Gasteiger partial charge in [0.15, 0.2) is 0 Å². The van der Waals surface area contributed by atoms with E-state index < -0.39 is 0 Å². The van der Waals surface area contributed by atoms with E-state index in [1.165, 1.54) is 0 Å². The van der Waals surface area contributed by atoms with Crippen molar-refractivity contribution in [1.29, 1.82) is 0 Å². The lowest BCUT2D eigenvalue weighted by Gasteiger charge is -2.08. The van der Waals surface area contributed by atoms with Crippen molar-refractivity contribution in [3.05, 3.63) is 65.6 Å². The van der Waals surface area contributed by atoms with Gasteiger partial charge in [-0.2, -0.15) is 0 Å². The van der Waals surface area contributed by atoms with Gasteiger partial charge in [-0.25, -0.2) is 0 Å². The third kappa shape index (κ3) is 2.46. The van der Waals surface area contributed by atoms with Gasteiger partial charge in [0.1, 0.15) is 5.69 Å². The molecule has 5 heteroatoms. The number of nitrogens with zero attached hydrogens (tertiary/aromatic N) is 2. The first-order valence-electron chi connectivity index (χ1n) is 6.01. The number of halogens is 1. The number of pyridine rings is 2. The van der Waals surface area contributed by atoms with Crippen LogP contribution in [0.1, 0.15) is 10.5 Å². The van der Waals surface area contributed by atoms with Gasteiger partial charge in [-0.15, -0.1) is 0 Å². The molecule has 20 heavy (non-hydrogen) atoms. The number of fused-ring (bicyclic) bond motifs is 1. The van der Waals surface area contributed by atoms with Crippen molar-refractivity contribution >= 4 is 34.1 Å². The zero-order chi connectivity index (χ0) is 13.9. The molecule has 3 aromatic rings.